The molecule has 0 bridgehead atoms. The van der Waals surface area contributed by atoms with Gasteiger partial charge < -0.3 is 10.6 Å². The first-order valence-electron chi connectivity index (χ1n) is 7.34. The number of nitrogens with one attached hydrogen (secondary N) is 3. The maximum Gasteiger partial charge on any atom is 0.225 e. The van der Waals surface area contributed by atoms with Crippen molar-refractivity contribution in [1.82, 2.24) is 15.5 Å². The van der Waals surface area contributed by atoms with E-state index >= 15 is 0 Å². The molecule has 0 saturated carbocycles. The third-order valence-corrected chi connectivity index (χ3v) is 3.83. The summed E-state index contributed by atoms with van der Waals surface area (Å²) in [6, 6.07) is 8.30. The first-order chi connectivity index (χ1) is 10.2. The van der Waals surface area contributed by atoms with Gasteiger partial charge in [0.25, 0.3) is 0 Å². The van der Waals surface area contributed by atoms with Gasteiger partial charge in [-0.3, -0.25) is 9.89 Å². The number of anilines is 1. The lowest BCUT2D eigenvalue weighted by Crippen LogP contribution is -2.24. The number of aryl methyl sites for hydroxylation is 2. The summed E-state index contributed by atoms with van der Waals surface area (Å²) < 4.78 is 0. The van der Waals surface area contributed by atoms with E-state index in [1.165, 1.54) is 11.1 Å². The van der Waals surface area contributed by atoms with Crippen LogP contribution in [0.4, 0.5) is 5.82 Å². The Morgan fingerprint density at radius 1 is 1.33 bits per heavy atom. The number of rotatable bonds is 4. The summed E-state index contributed by atoms with van der Waals surface area (Å²) in [6.45, 7) is 3.78. The predicted molar refractivity (Wildman–Crippen MR) is 82.1 cm³/mol. The molecule has 1 amide bonds. The molecule has 3 N–H and O–H groups in total. The number of fused-ring (bicyclic) bond motifs is 1. The summed E-state index contributed by atoms with van der Waals surface area (Å²) in [5.41, 5.74) is 4.64. The Kier molecular flexibility index (Phi) is 4.01. The van der Waals surface area contributed by atoms with Crippen molar-refractivity contribution in [3.8, 4) is 0 Å². The molecule has 0 radical (unpaired) electrons. The van der Waals surface area contributed by atoms with Gasteiger partial charge in [0.2, 0.25) is 5.91 Å². The normalized spacial score (nSPS) is 13.8. The van der Waals surface area contributed by atoms with E-state index in [-0.39, 0.29) is 5.91 Å². The number of carbonyl (C=O) groups is 1. The number of hydrogen-bond donors (Lipinski definition) is 3. The lowest BCUT2D eigenvalue weighted by molar-refractivity contribution is -0.116. The van der Waals surface area contributed by atoms with Crippen molar-refractivity contribution in [2.45, 2.75) is 32.7 Å². The summed E-state index contributed by atoms with van der Waals surface area (Å²) in [4.78, 5) is 12.1. The largest absolute Gasteiger partial charge is 0.311 e. The number of hydrogen-bond acceptors (Lipinski definition) is 3. The van der Waals surface area contributed by atoms with Gasteiger partial charge >= 0.3 is 0 Å². The highest BCUT2D eigenvalue weighted by Crippen LogP contribution is 2.20. The molecule has 21 heavy (non-hydrogen) atoms. The zero-order chi connectivity index (χ0) is 14.7. The van der Waals surface area contributed by atoms with Gasteiger partial charge in [-0.15, -0.1) is 0 Å². The monoisotopic (exact) mass is 284 g/mol. The van der Waals surface area contributed by atoms with Gasteiger partial charge in [0.05, 0.1) is 5.69 Å². The van der Waals surface area contributed by atoms with E-state index in [0.717, 1.165) is 37.2 Å². The molecule has 3 rings (SSSR count). The summed E-state index contributed by atoms with van der Waals surface area (Å²) in [5, 5.41) is 13.4. The molecule has 0 fully saturated rings. The van der Waals surface area contributed by atoms with Gasteiger partial charge in [0.15, 0.2) is 5.82 Å². The lowest BCUT2D eigenvalue weighted by Gasteiger charge is -2.13. The summed E-state index contributed by atoms with van der Waals surface area (Å²) in [5.74, 6) is 0.712. The fraction of sp³-hybridized carbons (Fsp3) is 0.375. The SMILES string of the molecule is Cc1ccc(CCC(=O)Nc2n[nH]c3c2CCNC3)cc1. The quantitative estimate of drug-likeness (QED) is 0.803. The second-order valence-electron chi connectivity index (χ2n) is 5.49. The number of H-pyrrole nitrogens is 1. The molecule has 1 aliphatic rings. The van der Waals surface area contributed by atoms with Crippen molar-refractivity contribution >= 4 is 11.7 Å². The van der Waals surface area contributed by atoms with Gasteiger partial charge in [-0.2, -0.15) is 5.10 Å². The minimum Gasteiger partial charge on any atom is -0.311 e. The Morgan fingerprint density at radius 2 is 2.14 bits per heavy atom. The van der Waals surface area contributed by atoms with Crippen LogP contribution in [-0.2, 0) is 24.2 Å². The highest BCUT2D eigenvalue weighted by Gasteiger charge is 2.17. The molecule has 110 valence electrons. The number of carbonyl (C=O) groups excluding carboxylic acids is 1. The molecule has 0 aliphatic carbocycles. The molecular formula is C16H20N4O. The zero-order valence-electron chi connectivity index (χ0n) is 12.2. The van der Waals surface area contributed by atoms with Gasteiger partial charge in [-0.05, 0) is 31.9 Å². The fourth-order valence-electron chi connectivity index (χ4n) is 2.55. The smallest absolute Gasteiger partial charge is 0.225 e. The van der Waals surface area contributed by atoms with Crippen LogP contribution in [0.3, 0.4) is 0 Å². The minimum atomic E-state index is 0.0170. The molecule has 2 heterocycles. The van der Waals surface area contributed by atoms with E-state index in [4.69, 9.17) is 0 Å². The van der Waals surface area contributed by atoms with Crippen molar-refractivity contribution in [1.29, 1.82) is 0 Å². The van der Waals surface area contributed by atoms with E-state index in [1.54, 1.807) is 0 Å². The van der Waals surface area contributed by atoms with E-state index in [1.807, 2.05) is 0 Å². The first-order valence-corrected chi connectivity index (χ1v) is 7.34. The topological polar surface area (TPSA) is 69.8 Å². The van der Waals surface area contributed by atoms with Gasteiger partial charge in [-0.25, -0.2) is 0 Å². The summed E-state index contributed by atoms with van der Waals surface area (Å²) >= 11 is 0. The van der Waals surface area contributed by atoms with Crippen LogP contribution in [0.1, 0.15) is 28.8 Å². The molecule has 5 nitrogen and oxygen atoms in total. The molecule has 0 spiro atoms. The van der Waals surface area contributed by atoms with Crippen LogP contribution < -0.4 is 10.6 Å². The number of benzene rings is 1. The summed E-state index contributed by atoms with van der Waals surface area (Å²) in [6.07, 6.45) is 2.13. The molecule has 0 atom stereocenters. The van der Waals surface area contributed by atoms with E-state index in [0.29, 0.717) is 12.2 Å². The van der Waals surface area contributed by atoms with Crippen molar-refractivity contribution in [2.24, 2.45) is 0 Å². The molecule has 0 saturated heterocycles. The Balaban J connectivity index is 1.57. The molecule has 2 aromatic rings. The Morgan fingerprint density at radius 3 is 2.95 bits per heavy atom. The average Bonchev–Trinajstić information content (AvgIpc) is 2.90. The highest BCUT2D eigenvalue weighted by atomic mass is 16.1. The number of aromatic nitrogens is 2. The zero-order valence-corrected chi connectivity index (χ0v) is 12.2. The standard InChI is InChI=1S/C16H20N4O/c1-11-2-4-12(5-3-11)6-7-15(21)18-16-13-8-9-17-10-14(13)19-20-16/h2-5,17H,6-10H2,1H3,(H2,18,19,20,21). The maximum atomic E-state index is 12.1. The molecule has 1 aromatic carbocycles. The number of nitrogens with zero attached hydrogens (tertiary/aromatic N) is 1. The first kappa shape index (κ1) is 13.8. The van der Waals surface area contributed by atoms with Crippen LogP contribution in [0.15, 0.2) is 24.3 Å². The van der Waals surface area contributed by atoms with Crippen LogP contribution in [0, 0.1) is 6.92 Å². The van der Waals surface area contributed by atoms with Crippen LogP contribution in [-0.4, -0.2) is 22.6 Å². The Hall–Kier alpha value is -2.14. The third-order valence-electron chi connectivity index (χ3n) is 3.83. The van der Waals surface area contributed by atoms with Crippen LogP contribution in [0.2, 0.25) is 0 Å². The molecule has 5 heteroatoms. The minimum absolute atomic E-state index is 0.0170. The molecule has 1 aromatic heterocycles. The maximum absolute atomic E-state index is 12.1. The van der Waals surface area contributed by atoms with Crippen molar-refractivity contribution in [3.63, 3.8) is 0 Å². The lowest BCUT2D eigenvalue weighted by atomic mass is 10.1. The summed E-state index contributed by atoms with van der Waals surface area (Å²) in [7, 11) is 0. The number of amides is 1. The highest BCUT2D eigenvalue weighted by molar-refractivity contribution is 5.90. The molecule has 0 unspecified atom stereocenters. The van der Waals surface area contributed by atoms with Crippen LogP contribution in [0.25, 0.3) is 0 Å². The second kappa shape index (κ2) is 6.10. The van der Waals surface area contributed by atoms with E-state index in [2.05, 4.69) is 52.0 Å². The van der Waals surface area contributed by atoms with Gasteiger partial charge in [0.1, 0.15) is 0 Å². The van der Waals surface area contributed by atoms with E-state index in [9.17, 15) is 4.79 Å². The molecule has 1 aliphatic heterocycles. The second-order valence-corrected chi connectivity index (χ2v) is 5.49. The van der Waals surface area contributed by atoms with Crippen molar-refractivity contribution < 1.29 is 4.79 Å². The van der Waals surface area contributed by atoms with Crippen molar-refractivity contribution in [3.05, 3.63) is 46.6 Å². The molecular weight excluding hydrogens is 264 g/mol. The van der Waals surface area contributed by atoms with Gasteiger partial charge in [0, 0.05) is 18.5 Å². The van der Waals surface area contributed by atoms with Crippen LogP contribution >= 0.6 is 0 Å². The Labute approximate surface area is 124 Å². The van der Waals surface area contributed by atoms with Crippen LogP contribution in [0.5, 0.6) is 0 Å². The average molecular weight is 284 g/mol. The van der Waals surface area contributed by atoms with E-state index < -0.39 is 0 Å². The predicted octanol–water partition coefficient (Wildman–Crippen LogP) is 1.94. The third kappa shape index (κ3) is 3.31. The number of aromatic amines is 1. The van der Waals surface area contributed by atoms with Crippen molar-refractivity contribution in [2.75, 3.05) is 11.9 Å². The van der Waals surface area contributed by atoms with Gasteiger partial charge in [-0.1, -0.05) is 29.8 Å². The Bertz CT molecular complexity index is 630. The fourth-order valence-corrected chi connectivity index (χ4v) is 2.55.